The van der Waals surface area contributed by atoms with Crippen molar-refractivity contribution in [2.75, 3.05) is 5.32 Å². The summed E-state index contributed by atoms with van der Waals surface area (Å²) in [5.41, 5.74) is 2.09. The first kappa shape index (κ1) is 17.3. The number of nitrogens with one attached hydrogen (secondary N) is 2. The maximum absolute atomic E-state index is 13.3. The number of anilines is 1. The zero-order valence-corrected chi connectivity index (χ0v) is 15.9. The van der Waals surface area contributed by atoms with Gasteiger partial charge in [0.15, 0.2) is 5.72 Å². The third-order valence-corrected chi connectivity index (χ3v) is 6.46. The number of hydrogen-bond acceptors (Lipinski definition) is 3. The number of fused-ring (bicyclic) bond motifs is 2. The largest absolute Gasteiger partial charge is 0.467 e. The fourth-order valence-electron chi connectivity index (χ4n) is 5.30. The molecule has 0 aromatic heterocycles. The van der Waals surface area contributed by atoms with Gasteiger partial charge >= 0.3 is 0 Å². The van der Waals surface area contributed by atoms with Gasteiger partial charge in [-0.2, -0.15) is 0 Å². The van der Waals surface area contributed by atoms with Gasteiger partial charge in [0.05, 0.1) is 0 Å². The number of rotatable bonds is 2. The van der Waals surface area contributed by atoms with E-state index in [0.717, 1.165) is 48.2 Å². The second kappa shape index (κ2) is 6.36. The molecular formula is C23H24N2O3. The van der Waals surface area contributed by atoms with Crippen LogP contribution in [-0.2, 0) is 9.59 Å². The molecular weight excluding hydrogens is 352 g/mol. The third-order valence-electron chi connectivity index (χ3n) is 6.46. The molecule has 1 saturated heterocycles. The summed E-state index contributed by atoms with van der Waals surface area (Å²) in [5.74, 6) is -0.501. The van der Waals surface area contributed by atoms with E-state index in [1.165, 1.54) is 0 Å². The van der Waals surface area contributed by atoms with E-state index in [1.54, 1.807) is 0 Å². The highest BCUT2D eigenvalue weighted by Crippen LogP contribution is 2.55. The summed E-state index contributed by atoms with van der Waals surface area (Å²) in [6, 6.07) is 15.5. The monoisotopic (exact) mass is 376 g/mol. The van der Waals surface area contributed by atoms with Gasteiger partial charge in [-0.25, -0.2) is 0 Å². The minimum Gasteiger partial charge on any atom is -0.467 e. The molecule has 0 radical (unpaired) electrons. The number of aryl methyl sites for hydroxylation is 1. The summed E-state index contributed by atoms with van der Waals surface area (Å²) < 4.78 is 6.36. The fraction of sp³-hybridized carbons (Fsp3) is 0.391. The minimum atomic E-state index is -0.762. The van der Waals surface area contributed by atoms with E-state index < -0.39 is 11.6 Å². The van der Waals surface area contributed by atoms with Crippen molar-refractivity contribution in [3.8, 4) is 5.75 Å². The summed E-state index contributed by atoms with van der Waals surface area (Å²) in [5, 5.41) is 6.08. The Morgan fingerprint density at radius 1 is 1.18 bits per heavy atom. The topological polar surface area (TPSA) is 67.4 Å². The lowest BCUT2D eigenvalue weighted by Gasteiger charge is -2.55. The van der Waals surface area contributed by atoms with Crippen molar-refractivity contribution < 1.29 is 14.3 Å². The summed E-state index contributed by atoms with van der Waals surface area (Å²) >= 11 is 0. The van der Waals surface area contributed by atoms with Crippen molar-refractivity contribution in [3.05, 3.63) is 59.7 Å². The smallest absolute Gasteiger partial charge is 0.237 e. The van der Waals surface area contributed by atoms with E-state index in [0.29, 0.717) is 0 Å². The van der Waals surface area contributed by atoms with Crippen molar-refractivity contribution in [1.82, 2.24) is 5.32 Å². The second-order valence-corrected chi connectivity index (χ2v) is 8.23. The minimum absolute atomic E-state index is 0.113. The summed E-state index contributed by atoms with van der Waals surface area (Å²) in [6.07, 6.45) is 3.86. The Hall–Kier alpha value is -2.82. The number of hydrogen-bond donors (Lipinski definition) is 2. The van der Waals surface area contributed by atoms with Crippen LogP contribution in [0.2, 0.25) is 0 Å². The van der Waals surface area contributed by atoms with E-state index in [-0.39, 0.29) is 23.7 Å². The van der Waals surface area contributed by atoms with Gasteiger partial charge in [0.25, 0.3) is 0 Å². The molecule has 2 aromatic carbocycles. The van der Waals surface area contributed by atoms with Crippen LogP contribution < -0.4 is 15.4 Å². The van der Waals surface area contributed by atoms with E-state index in [2.05, 4.69) is 10.6 Å². The average Bonchev–Trinajstić information content (AvgIpc) is 2.67. The van der Waals surface area contributed by atoms with Gasteiger partial charge in [0.2, 0.25) is 11.8 Å². The quantitative estimate of drug-likeness (QED) is 0.785. The number of carbonyl (C=O) groups is 2. The number of para-hydroxylation sites is 1. The van der Waals surface area contributed by atoms with Gasteiger partial charge in [0.1, 0.15) is 11.7 Å². The molecule has 2 heterocycles. The number of ether oxygens (including phenoxy) is 1. The molecule has 28 heavy (non-hydrogen) atoms. The molecule has 2 bridgehead atoms. The molecule has 2 fully saturated rings. The Kier molecular flexibility index (Phi) is 3.93. The zero-order chi connectivity index (χ0) is 19.3. The molecule has 2 aliphatic heterocycles. The second-order valence-electron chi connectivity index (χ2n) is 8.23. The standard InChI is InChI=1S/C23H24N2O3/c1-14-7-6-8-15(13-14)24-21(26)20-19-16-9-2-3-11-18(16)28-23(25-22(20)27)12-5-4-10-17(19)23/h2-3,6-9,11,13,17,19-20H,4-5,10,12H2,1H3,(H,24,26)(H,25,27)/t17-,19-,20-,23-/m1/s1. The summed E-state index contributed by atoms with van der Waals surface area (Å²) in [4.78, 5) is 26.4. The fourth-order valence-corrected chi connectivity index (χ4v) is 5.30. The van der Waals surface area contributed by atoms with E-state index in [4.69, 9.17) is 4.74 Å². The van der Waals surface area contributed by atoms with Gasteiger partial charge < -0.3 is 15.4 Å². The van der Waals surface area contributed by atoms with Crippen LogP contribution in [-0.4, -0.2) is 17.5 Å². The lowest BCUT2D eigenvalue weighted by molar-refractivity contribution is -0.160. The van der Waals surface area contributed by atoms with E-state index in [9.17, 15) is 9.59 Å². The third kappa shape index (κ3) is 2.60. The van der Waals surface area contributed by atoms with Crippen molar-refractivity contribution in [1.29, 1.82) is 0 Å². The molecule has 5 heteroatoms. The number of carbonyl (C=O) groups excluding carboxylic acids is 2. The highest BCUT2D eigenvalue weighted by atomic mass is 16.5. The van der Waals surface area contributed by atoms with Crippen molar-refractivity contribution >= 4 is 17.5 Å². The first-order chi connectivity index (χ1) is 13.6. The molecule has 2 N–H and O–H groups in total. The molecule has 0 spiro atoms. The maximum atomic E-state index is 13.3. The van der Waals surface area contributed by atoms with E-state index in [1.807, 2.05) is 55.5 Å². The van der Waals surface area contributed by atoms with Crippen LogP contribution in [0.3, 0.4) is 0 Å². The average molecular weight is 376 g/mol. The Balaban J connectivity index is 1.55. The number of benzene rings is 2. The number of piperidine rings is 1. The molecule has 5 rings (SSSR count). The predicted octanol–water partition coefficient (Wildman–Crippen LogP) is 3.74. The predicted molar refractivity (Wildman–Crippen MR) is 106 cm³/mol. The molecule has 5 nitrogen and oxygen atoms in total. The van der Waals surface area contributed by atoms with Crippen LogP contribution in [0.4, 0.5) is 5.69 Å². The highest BCUT2D eigenvalue weighted by molar-refractivity contribution is 6.08. The van der Waals surface area contributed by atoms with E-state index >= 15 is 0 Å². The molecule has 3 aliphatic rings. The SMILES string of the molecule is Cc1cccc(NC(=O)[C@@H]2C(=O)N[C@@]34CCCC[C@@H]3[C@H]2c2ccccc2O4)c1. The van der Waals surface area contributed by atoms with Gasteiger partial charge in [-0.3, -0.25) is 9.59 Å². The normalized spacial score (nSPS) is 30.3. The number of amides is 2. The highest BCUT2D eigenvalue weighted by Gasteiger charge is 2.60. The molecule has 2 amide bonds. The van der Waals surface area contributed by atoms with Crippen LogP contribution in [0, 0.1) is 18.8 Å². The lowest BCUT2D eigenvalue weighted by Crippen LogP contribution is -2.69. The van der Waals surface area contributed by atoms with Gasteiger partial charge in [-0.05, 0) is 49.1 Å². The Morgan fingerprint density at radius 2 is 2.04 bits per heavy atom. The van der Waals surface area contributed by atoms with Crippen molar-refractivity contribution in [3.63, 3.8) is 0 Å². The van der Waals surface area contributed by atoms with Crippen LogP contribution in [0.15, 0.2) is 48.5 Å². The van der Waals surface area contributed by atoms with Crippen LogP contribution in [0.5, 0.6) is 5.75 Å². The van der Waals surface area contributed by atoms with Gasteiger partial charge in [-0.15, -0.1) is 0 Å². The van der Waals surface area contributed by atoms with Crippen LogP contribution in [0.1, 0.15) is 42.7 Å². The van der Waals surface area contributed by atoms with Gasteiger partial charge in [-0.1, -0.05) is 36.8 Å². The van der Waals surface area contributed by atoms with Gasteiger partial charge in [0, 0.05) is 23.9 Å². The molecule has 0 unspecified atom stereocenters. The first-order valence-corrected chi connectivity index (χ1v) is 10.0. The van der Waals surface area contributed by atoms with Crippen LogP contribution in [0.25, 0.3) is 0 Å². The molecule has 2 aromatic rings. The molecule has 4 atom stereocenters. The molecule has 1 saturated carbocycles. The molecule has 1 aliphatic carbocycles. The zero-order valence-electron chi connectivity index (χ0n) is 15.9. The van der Waals surface area contributed by atoms with Crippen LogP contribution >= 0.6 is 0 Å². The Morgan fingerprint density at radius 3 is 2.89 bits per heavy atom. The Labute approximate surface area is 164 Å². The maximum Gasteiger partial charge on any atom is 0.237 e. The first-order valence-electron chi connectivity index (χ1n) is 10.0. The molecule has 144 valence electrons. The lowest BCUT2D eigenvalue weighted by atomic mass is 9.62. The van der Waals surface area contributed by atoms with Crippen molar-refractivity contribution in [2.24, 2.45) is 11.8 Å². The summed E-state index contributed by atoms with van der Waals surface area (Å²) in [7, 11) is 0. The Bertz CT molecular complexity index is 956. The van der Waals surface area contributed by atoms with Crippen molar-refractivity contribution in [2.45, 2.75) is 44.2 Å². The summed E-state index contributed by atoms with van der Waals surface area (Å²) in [6.45, 7) is 1.98.